The van der Waals surface area contributed by atoms with Crippen molar-refractivity contribution >= 4 is 12.4 Å². The molecule has 0 aliphatic heterocycles. The summed E-state index contributed by atoms with van der Waals surface area (Å²) in [6, 6.07) is 2.72. The predicted octanol–water partition coefficient (Wildman–Crippen LogP) is 1.89. The molecule has 0 bridgehead atoms. The second kappa shape index (κ2) is 3.28. The molecule has 13 heavy (non-hydrogen) atoms. The lowest BCUT2D eigenvalue weighted by Crippen LogP contribution is -2.35. The molecule has 0 aliphatic carbocycles. The molecule has 0 aromatic heterocycles. The van der Waals surface area contributed by atoms with E-state index in [0.717, 1.165) is 25.3 Å². The molecule has 1 aromatic rings. The van der Waals surface area contributed by atoms with Crippen molar-refractivity contribution in [1.82, 2.24) is 0 Å². The van der Waals surface area contributed by atoms with Crippen LogP contribution in [0.2, 0.25) is 0 Å². The van der Waals surface area contributed by atoms with Crippen molar-refractivity contribution < 1.29 is 22.1 Å². The van der Waals surface area contributed by atoms with Gasteiger partial charge in [0, 0.05) is 0 Å². The van der Waals surface area contributed by atoms with Gasteiger partial charge in [-0.15, -0.1) is 0 Å². The summed E-state index contributed by atoms with van der Waals surface area (Å²) >= 11 is 0. The van der Waals surface area contributed by atoms with E-state index in [2.05, 4.69) is 4.74 Å². The van der Waals surface area contributed by atoms with Gasteiger partial charge < -0.3 is 17.7 Å². The Bertz CT molecular complexity index is 310. The van der Waals surface area contributed by atoms with Crippen LogP contribution >= 0.6 is 0 Å². The molecule has 0 fully saturated rings. The molecular formula is C7H6BF4O-. The fourth-order valence-corrected chi connectivity index (χ4v) is 0.999. The maximum Gasteiger partial charge on any atom is 0.513 e. The molecule has 6 heteroatoms. The largest absolute Gasteiger partial charge is 0.513 e. The number of hydrogen-bond donors (Lipinski definition) is 0. The average molecular weight is 193 g/mol. The number of halogens is 4. The van der Waals surface area contributed by atoms with E-state index in [1.54, 1.807) is 0 Å². The van der Waals surface area contributed by atoms with Crippen molar-refractivity contribution in [3.05, 3.63) is 24.0 Å². The van der Waals surface area contributed by atoms with Gasteiger partial charge in [-0.05, 0) is 6.07 Å². The fourth-order valence-electron chi connectivity index (χ4n) is 0.999. The Kier molecular flexibility index (Phi) is 2.49. The number of benzene rings is 1. The summed E-state index contributed by atoms with van der Waals surface area (Å²) < 4.78 is 53.8. The van der Waals surface area contributed by atoms with Crippen LogP contribution in [0.15, 0.2) is 18.2 Å². The SMILES string of the molecule is COc1c(F)cccc1[B-](F)(F)F. The maximum absolute atomic E-state index is 12.8. The van der Waals surface area contributed by atoms with Crippen LogP contribution in [0.1, 0.15) is 0 Å². The third-order valence-electron chi connectivity index (χ3n) is 1.55. The third-order valence-corrected chi connectivity index (χ3v) is 1.55. The molecule has 0 saturated carbocycles. The molecule has 0 radical (unpaired) electrons. The highest BCUT2D eigenvalue weighted by molar-refractivity contribution is 6.74. The van der Waals surface area contributed by atoms with E-state index in [0.29, 0.717) is 0 Å². The van der Waals surface area contributed by atoms with E-state index in [-0.39, 0.29) is 0 Å². The topological polar surface area (TPSA) is 9.23 Å². The summed E-state index contributed by atoms with van der Waals surface area (Å²) in [4.78, 5) is 0. The lowest BCUT2D eigenvalue weighted by molar-refractivity contribution is 0.385. The summed E-state index contributed by atoms with van der Waals surface area (Å²) in [6.07, 6.45) is 0. The zero-order chi connectivity index (χ0) is 10.1. The Balaban J connectivity index is 3.29. The van der Waals surface area contributed by atoms with Gasteiger partial charge in [0.25, 0.3) is 0 Å². The number of para-hydroxylation sites is 1. The summed E-state index contributed by atoms with van der Waals surface area (Å²) in [5, 5.41) is 0. The molecular weight excluding hydrogens is 187 g/mol. The van der Waals surface area contributed by atoms with Crippen LogP contribution in [0, 0.1) is 5.82 Å². The first-order valence-corrected chi connectivity index (χ1v) is 3.49. The van der Waals surface area contributed by atoms with Crippen molar-refractivity contribution in [2.45, 2.75) is 0 Å². The van der Waals surface area contributed by atoms with Gasteiger partial charge in [-0.1, -0.05) is 17.6 Å². The monoisotopic (exact) mass is 193 g/mol. The minimum Gasteiger partial charge on any atom is -0.497 e. The van der Waals surface area contributed by atoms with Crippen molar-refractivity contribution in [3.63, 3.8) is 0 Å². The average Bonchev–Trinajstić information content (AvgIpc) is 2.02. The van der Waals surface area contributed by atoms with E-state index in [1.807, 2.05) is 0 Å². The summed E-state index contributed by atoms with van der Waals surface area (Å²) in [5.41, 5.74) is -1.04. The Morgan fingerprint density at radius 2 is 1.85 bits per heavy atom. The van der Waals surface area contributed by atoms with Gasteiger partial charge in [0.15, 0.2) is 5.82 Å². The van der Waals surface area contributed by atoms with Crippen LogP contribution in [0.3, 0.4) is 0 Å². The second-order valence-corrected chi connectivity index (χ2v) is 2.44. The minimum atomic E-state index is -5.22. The Hall–Kier alpha value is -1.20. The normalized spacial score (nSPS) is 11.5. The smallest absolute Gasteiger partial charge is 0.497 e. The molecule has 0 saturated heterocycles. The van der Waals surface area contributed by atoms with E-state index in [1.165, 1.54) is 0 Å². The molecule has 72 valence electrons. The zero-order valence-electron chi connectivity index (χ0n) is 6.73. The van der Waals surface area contributed by atoms with E-state index >= 15 is 0 Å². The van der Waals surface area contributed by atoms with Gasteiger partial charge in [0.1, 0.15) is 5.75 Å². The fraction of sp³-hybridized carbons (Fsp3) is 0.143. The summed E-state index contributed by atoms with van der Waals surface area (Å²) in [7, 11) is 1.00. The summed E-state index contributed by atoms with van der Waals surface area (Å²) in [5.74, 6) is -1.74. The lowest BCUT2D eigenvalue weighted by Gasteiger charge is -2.18. The van der Waals surface area contributed by atoms with Crippen molar-refractivity contribution in [1.29, 1.82) is 0 Å². The van der Waals surface area contributed by atoms with Crippen LogP contribution in [-0.2, 0) is 0 Å². The third kappa shape index (κ3) is 1.94. The molecule has 0 atom stereocenters. The van der Waals surface area contributed by atoms with Gasteiger partial charge in [-0.25, -0.2) is 4.39 Å². The molecule has 1 rings (SSSR count). The predicted molar refractivity (Wildman–Crippen MR) is 41.7 cm³/mol. The Morgan fingerprint density at radius 1 is 1.23 bits per heavy atom. The van der Waals surface area contributed by atoms with E-state index < -0.39 is 24.0 Å². The van der Waals surface area contributed by atoms with E-state index in [9.17, 15) is 17.3 Å². The first kappa shape index (κ1) is 9.89. The second-order valence-electron chi connectivity index (χ2n) is 2.44. The first-order chi connectivity index (χ1) is 5.96. The molecule has 0 spiro atoms. The Labute approximate surface area is 72.4 Å². The zero-order valence-corrected chi connectivity index (χ0v) is 6.73. The van der Waals surface area contributed by atoms with Crippen molar-refractivity contribution in [2.75, 3.05) is 7.11 Å². The minimum absolute atomic E-state index is 0.741. The van der Waals surface area contributed by atoms with Gasteiger partial charge in [0.2, 0.25) is 0 Å². The highest BCUT2D eigenvalue weighted by Crippen LogP contribution is 2.20. The Morgan fingerprint density at radius 3 is 2.23 bits per heavy atom. The molecule has 0 amide bonds. The van der Waals surface area contributed by atoms with Gasteiger partial charge >= 0.3 is 6.98 Å². The highest BCUT2D eigenvalue weighted by atomic mass is 19.4. The number of rotatable bonds is 2. The number of methoxy groups -OCH3 is 1. The van der Waals surface area contributed by atoms with Crippen LogP contribution in [0.4, 0.5) is 17.3 Å². The van der Waals surface area contributed by atoms with Gasteiger partial charge in [-0.3, -0.25) is 0 Å². The lowest BCUT2D eigenvalue weighted by atomic mass is 9.79. The molecule has 1 aromatic carbocycles. The highest BCUT2D eigenvalue weighted by Gasteiger charge is 2.30. The quantitative estimate of drug-likeness (QED) is 0.514. The van der Waals surface area contributed by atoms with Crippen LogP contribution < -0.4 is 10.2 Å². The van der Waals surface area contributed by atoms with Crippen LogP contribution in [0.5, 0.6) is 5.75 Å². The molecule has 1 nitrogen and oxygen atoms in total. The summed E-state index contributed by atoms with van der Waals surface area (Å²) in [6.45, 7) is -5.22. The number of hydrogen-bond acceptors (Lipinski definition) is 1. The molecule has 0 heterocycles. The standard InChI is InChI=1S/C7H6BF4O/c1-13-7-5(8(10,11)12)3-2-4-6(7)9/h2-4H,1H3/q-1. The van der Waals surface area contributed by atoms with Gasteiger partial charge in [-0.2, -0.15) is 0 Å². The van der Waals surface area contributed by atoms with Crippen LogP contribution in [0.25, 0.3) is 0 Å². The van der Waals surface area contributed by atoms with Crippen molar-refractivity contribution in [3.8, 4) is 5.75 Å². The molecule has 0 aliphatic rings. The molecule has 0 unspecified atom stereocenters. The first-order valence-electron chi connectivity index (χ1n) is 3.49. The number of ether oxygens (including phenoxy) is 1. The maximum atomic E-state index is 12.8. The van der Waals surface area contributed by atoms with Crippen molar-refractivity contribution in [2.24, 2.45) is 0 Å². The molecule has 0 N–H and O–H groups in total. The van der Waals surface area contributed by atoms with Crippen LogP contribution in [-0.4, -0.2) is 14.1 Å². The van der Waals surface area contributed by atoms with E-state index in [4.69, 9.17) is 0 Å². The van der Waals surface area contributed by atoms with Gasteiger partial charge in [0.05, 0.1) is 7.11 Å².